The summed E-state index contributed by atoms with van der Waals surface area (Å²) in [6, 6.07) is 9.64. The van der Waals surface area contributed by atoms with Gasteiger partial charge < -0.3 is 9.72 Å². The molecule has 1 N–H and O–H groups in total. The predicted molar refractivity (Wildman–Crippen MR) is 85.6 cm³/mol. The molecule has 0 spiro atoms. The number of nitrogens with one attached hydrogen (secondary N) is 1. The molecule has 0 saturated carbocycles. The maximum Gasteiger partial charge on any atom is 0.431 e. The molecule has 0 atom stereocenters. The van der Waals surface area contributed by atoms with Crippen molar-refractivity contribution in [2.24, 2.45) is 0 Å². The molecule has 0 aliphatic rings. The average Bonchev–Trinajstić information content (AvgIpc) is 2.57. The minimum absolute atomic E-state index is 0.0899. The van der Waals surface area contributed by atoms with Crippen molar-refractivity contribution in [3.63, 3.8) is 0 Å². The van der Waals surface area contributed by atoms with Crippen LogP contribution in [-0.4, -0.2) is 16.6 Å². The minimum atomic E-state index is -4.64. The van der Waals surface area contributed by atoms with Gasteiger partial charge in [0.1, 0.15) is 11.4 Å². The predicted octanol–water partition coefficient (Wildman–Crippen LogP) is 3.64. The Labute approximate surface area is 141 Å². The van der Waals surface area contributed by atoms with Crippen LogP contribution >= 0.6 is 0 Å². The van der Waals surface area contributed by atoms with E-state index in [9.17, 15) is 18.0 Å². The van der Waals surface area contributed by atoms with Crippen molar-refractivity contribution in [1.82, 2.24) is 9.97 Å². The van der Waals surface area contributed by atoms with Gasteiger partial charge in [0.05, 0.1) is 18.4 Å². The fraction of sp³-hybridized carbons (Fsp3) is 0.235. The van der Waals surface area contributed by atoms with Crippen LogP contribution in [0.5, 0.6) is 5.75 Å². The molecule has 5 nitrogen and oxygen atoms in total. The first-order valence-corrected chi connectivity index (χ1v) is 7.35. The smallest absolute Gasteiger partial charge is 0.431 e. The van der Waals surface area contributed by atoms with Gasteiger partial charge in [-0.25, -0.2) is 4.79 Å². The fourth-order valence-corrected chi connectivity index (χ4v) is 1.91. The lowest BCUT2D eigenvalue weighted by Crippen LogP contribution is -2.19. The molecule has 0 amide bonds. The van der Waals surface area contributed by atoms with Gasteiger partial charge in [0.15, 0.2) is 0 Å². The van der Waals surface area contributed by atoms with E-state index in [1.165, 1.54) is 6.08 Å². The van der Waals surface area contributed by atoms with Gasteiger partial charge in [-0.1, -0.05) is 18.2 Å². The molecule has 0 unspecified atom stereocenters. The Morgan fingerprint density at radius 2 is 1.96 bits per heavy atom. The molecular formula is C17H14F3N3O2. The topological polar surface area (TPSA) is 78.8 Å². The third-order valence-electron chi connectivity index (χ3n) is 3.10. The van der Waals surface area contributed by atoms with Crippen molar-refractivity contribution in [2.75, 3.05) is 6.61 Å². The van der Waals surface area contributed by atoms with Crippen LogP contribution in [0.15, 0.2) is 35.1 Å². The standard InChI is InChI=1S/C17H14F3N3O2/c18-17(19,20)15-11-13(22-16(24)23-15)6-3-12-4-7-14(8-5-12)25-10-2-1-9-21/h3-8,11H,1-2,10H2,(H,22,23,24)/b6-3+. The van der Waals surface area contributed by atoms with E-state index >= 15 is 0 Å². The van der Waals surface area contributed by atoms with Crippen LogP contribution in [0.1, 0.15) is 29.8 Å². The summed E-state index contributed by atoms with van der Waals surface area (Å²) >= 11 is 0. The third-order valence-corrected chi connectivity index (χ3v) is 3.10. The first-order valence-electron chi connectivity index (χ1n) is 7.35. The number of alkyl halides is 3. The van der Waals surface area contributed by atoms with Gasteiger partial charge in [0.25, 0.3) is 0 Å². The Bertz CT molecular complexity index is 834. The zero-order valence-corrected chi connectivity index (χ0v) is 13.0. The molecule has 0 radical (unpaired) electrons. The summed E-state index contributed by atoms with van der Waals surface area (Å²) in [6.45, 7) is 0.430. The molecule has 25 heavy (non-hydrogen) atoms. The molecule has 1 aromatic heterocycles. The Morgan fingerprint density at radius 3 is 2.60 bits per heavy atom. The number of benzene rings is 1. The van der Waals surface area contributed by atoms with E-state index in [-0.39, 0.29) is 5.69 Å². The van der Waals surface area contributed by atoms with Crippen LogP contribution in [0.3, 0.4) is 0 Å². The molecule has 0 aliphatic heterocycles. The summed E-state index contributed by atoms with van der Waals surface area (Å²) in [6.07, 6.45) is -0.721. The van der Waals surface area contributed by atoms with Gasteiger partial charge in [-0.05, 0) is 36.3 Å². The van der Waals surface area contributed by atoms with Gasteiger partial charge in [0.2, 0.25) is 0 Å². The molecule has 0 fully saturated rings. The minimum Gasteiger partial charge on any atom is -0.494 e. The molecule has 8 heteroatoms. The molecule has 130 valence electrons. The zero-order valence-electron chi connectivity index (χ0n) is 13.0. The average molecular weight is 349 g/mol. The van der Waals surface area contributed by atoms with Crippen molar-refractivity contribution >= 4 is 12.2 Å². The van der Waals surface area contributed by atoms with E-state index in [0.29, 0.717) is 30.8 Å². The molecule has 1 heterocycles. The highest BCUT2D eigenvalue weighted by Crippen LogP contribution is 2.27. The molecule has 0 aliphatic carbocycles. The highest BCUT2D eigenvalue weighted by molar-refractivity contribution is 5.68. The summed E-state index contributed by atoms with van der Waals surface area (Å²) in [7, 11) is 0. The SMILES string of the molecule is N#CCCCOc1ccc(/C=C/c2cc(C(F)(F)F)[nH]c(=O)n2)cc1. The number of aromatic amines is 1. The third kappa shape index (κ3) is 5.80. The lowest BCUT2D eigenvalue weighted by atomic mass is 10.2. The maximum atomic E-state index is 12.7. The Morgan fingerprint density at radius 1 is 1.24 bits per heavy atom. The second kappa shape index (κ2) is 8.15. The van der Waals surface area contributed by atoms with Gasteiger partial charge >= 0.3 is 11.9 Å². The van der Waals surface area contributed by atoms with E-state index < -0.39 is 17.6 Å². The largest absolute Gasteiger partial charge is 0.494 e. The van der Waals surface area contributed by atoms with Gasteiger partial charge in [0, 0.05) is 6.42 Å². The highest BCUT2D eigenvalue weighted by Gasteiger charge is 2.32. The van der Waals surface area contributed by atoms with Crippen LogP contribution in [0, 0.1) is 11.3 Å². The fourth-order valence-electron chi connectivity index (χ4n) is 1.91. The number of halogens is 3. The van der Waals surface area contributed by atoms with Crippen molar-refractivity contribution in [3.05, 3.63) is 57.8 Å². The molecule has 1 aromatic carbocycles. The van der Waals surface area contributed by atoms with Crippen LogP contribution in [-0.2, 0) is 6.18 Å². The number of ether oxygens (including phenoxy) is 1. The Kier molecular flexibility index (Phi) is 5.95. The number of hydrogen-bond acceptors (Lipinski definition) is 4. The lowest BCUT2D eigenvalue weighted by Gasteiger charge is -2.06. The highest BCUT2D eigenvalue weighted by atomic mass is 19.4. The van der Waals surface area contributed by atoms with Gasteiger partial charge in [-0.15, -0.1) is 0 Å². The molecule has 2 rings (SSSR count). The van der Waals surface area contributed by atoms with Gasteiger partial charge in [-0.3, -0.25) is 0 Å². The summed E-state index contributed by atoms with van der Waals surface area (Å²) in [5.41, 5.74) is -1.59. The molecular weight excluding hydrogens is 335 g/mol. The number of H-pyrrole nitrogens is 1. The van der Waals surface area contributed by atoms with Crippen LogP contribution in [0.4, 0.5) is 13.2 Å². The van der Waals surface area contributed by atoms with E-state index in [4.69, 9.17) is 10.00 Å². The van der Waals surface area contributed by atoms with Crippen molar-refractivity contribution in [2.45, 2.75) is 19.0 Å². The van der Waals surface area contributed by atoms with Crippen LogP contribution in [0.25, 0.3) is 12.2 Å². The first kappa shape index (κ1) is 18.3. The summed E-state index contributed by atoms with van der Waals surface area (Å²) in [5, 5.41) is 8.43. The monoisotopic (exact) mass is 349 g/mol. The zero-order chi connectivity index (χ0) is 18.3. The van der Waals surface area contributed by atoms with E-state index in [2.05, 4.69) is 4.98 Å². The summed E-state index contributed by atoms with van der Waals surface area (Å²) < 4.78 is 43.4. The normalized spacial score (nSPS) is 11.4. The quantitative estimate of drug-likeness (QED) is 0.808. The molecule has 0 saturated heterocycles. The van der Waals surface area contributed by atoms with E-state index in [1.54, 1.807) is 35.3 Å². The second-order valence-electron chi connectivity index (χ2n) is 5.04. The van der Waals surface area contributed by atoms with Crippen LogP contribution in [0.2, 0.25) is 0 Å². The summed E-state index contributed by atoms with van der Waals surface area (Å²) in [4.78, 5) is 16.4. The second-order valence-corrected chi connectivity index (χ2v) is 5.04. The number of unbranched alkanes of at least 4 members (excludes halogenated alkanes) is 1. The van der Waals surface area contributed by atoms with Crippen molar-refractivity contribution in [1.29, 1.82) is 5.26 Å². The van der Waals surface area contributed by atoms with Crippen molar-refractivity contribution < 1.29 is 17.9 Å². The lowest BCUT2D eigenvalue weighted by molar-refractivity contribution is -0.141. The molecule has 2 aromatic rings. The van der Waals surface area contributed by atoms with E-state index in [1.807, 2.05) is 6.07 Å². The Balaban J connectivity index is 2.06. The molecule has 0 bridgehead atoms. The van der Waals surface area contributed by atoms with E-state index in [0.717, 1.165) is 6.07 Å². The number of nitriles is 1. The maximum absolute atomic E-state index is 12.7. The Hall–Kier alpha value is -3.08. The number of hydrogen-bond donors (Lipinski definition) is 1. The number of nitrogens with zero attached hydrogens (tertiary/aromatic N) is 2. The number of aromatic nitrogens is 2. The number of rotatable bonds is 6. The van der Waals surface area contributed by atoms with Crippen molar-refractivity contribution in [3.8, 4) is 11.8 Å². The summed E-state index contributed by atoms with van der Waals surface area (Å²) in [5.74, 6) is 0.628. The van der Waals surface area contributed by atoms with Crippen LogP contribution < -0.4 is 10.4 Å². The first-order chi connectivity index (χ1) is 11.9. The van der Waals surface area contributed by atoms with Gasteiger partial charge in [-0.2, -0.15) is 23.4 Å².